The molecule has 2 rings (SSSR count). The normalized spacial score (nSPS) is 16.3. The molecule has 1 amide bonds. The van der Waals surface area contributed by atoms with E-state index in [1.54, 1.807) is 12.3 Å². The van der Waals surface area contributed by atoms with Crippen LogP contribution >= 0.6 is 0 Å². The van der Waals surface area contributed by atoms with E-state index in [1.165, 1.54) is 0 Å². The maximum Gasteiger partial charge on any atom is 0.231 e. The molecule has 13 heavy (non-hydrogen) atoms. The molecule has 1 fully saturated rings. The molecule has 2 heterocycles. The molecule has 0 unspecified atom stereocenters. The maximum atomic E-state index is 11.4. The Kier molecular flexibility index (Phi) is 2.23. The van der Waals surface area contributed by atoms with E-state index in [4.69, 9.17) is 0 Å². The smallest absolute Gasteiger partial charge is 0.231 e. The van der Waals surface area contributed by atoms with Crippen LogP contribution in [0.2, 0.25) is 0 Å². The number of nitrogens with one attached hydrogen (secondary N) is 2. The highest BCUT2D eigenvalue weighted by atomic mass is 16.2. The van der Waals surface area contributed by atoms with Gasteiger partial charge in [-0.25, -0.2) is 4.98 Å². The summed E-state index contributed by atoms with van der Waals surface area (Å²) in [6, 6.07) is 5.45. The molecule has 68 valence electrons. The van der Waals surface area contributed by atoms with E-state index < -0.39 is 0 Å². The fraction of sp³-hybridized carbons (Fsp3) is 0.333. The summed E-state index contributed by atoms with van der Waals surface area (Å²) >= 11 is 0. The van der Waals surface area contributed by atoms with Crippen molar-refractivity contribution in [1.82, 2.24) is 10.3 Å². The molecule has 1 aromatic heterocycles. The SMILES string of the molecule is O=C(Nc1ccccn1)C1CNC1. The molecule has 1 aliphatic rings. The Morgan fingerprint density at radius 3 is 2.92 bits per heavy atom. The van der Waals surface area contributed by atoms with Crippen molar-refractivity contribution in [3.05, 3.63) is 24.4 Å². The molecule has 1 aromatic rings. The predicted octanol–water partition coefficient (Wildman–Crippen LogP) is 0.239. The minimum atomic E-state index is 0.0532. The topological polar surface area (TPSA) is 54.0 Å². The lowest BCUT2D eigenvalue weighted by molar-refractivity contribution is -0.121. The summed E-state index contributed by atoms with van der Waals surface area (Å²) in [6.07, 6.45) is 1.66. The van der Waals surface area contributed by atoms with Crippen molar-refractivity contribution >= 4 is 11.7 Å². The molecule has 0 saturated carbocycles. The molecule has 0 bridgehead atoms. The zero-order chi connectivity index (χ0) is 9.10. The second-order valence-electron chi connectivity index (χ2n) is 3.06. The van der Waals surface area contributed by atoms with Crippen molar-refractivity contribution in [1.29, 1.82) is 0 Å². The van der Waals surface area contributed by atoms with Crippen LogP contribution in [0, 0.1) is 5.92 Å². The van der Waals surface area contributed by atoms with E-state index >= 15 is 0 Å². The second kappa shape index (κ2) is 3.53. The van der Waals surface area contributed by atoms with Crippen molar-refractivity contribution in [2.45, 2.75) is 0 Å². The Balaban J connectivity index is 1.94. The Labute approximate surface area is 76.4 Å². The molecule has 1 aliphatic heterocycles. The Bertz CT molecular complexity index is 295. The number of carbonyl (C=O) groups is 1. The molecule has 4 nitrogen and oxygen atoms in total. The van der Waals surface area contributed by atoms with Crippen LogP contribution in [0.4, 0.5) is 5.82 Å². The number of amides is 1. The largest absolute Gasteiger partial charge is 0.315 e. The van der Waals surface area contributed by atoms with Crippen molar-refractivity contribution in [2.75, 3.05) is 18.4 Å². The third kappa shape index (κ3) is 1.84. The zero-order valence-corrected chi connectivity index (χ0v) is 7.16. The van der Waals surface area contributed by atoms with Gasteiger partial charge in [0.2, 0.25) is 5.91 Å². The summed E-state index contributed by atoms with van der Waals surface area (Å²) < 4.78 is 0. The van der Waals surface area contributed by atoms with Gasteiger partial charge in [-0.2, -0.15) is 0 Å². The van der Waals surface area contributed by atoms with Gasteiger partial charge in [-0.3, -0.25) is 4.79 Å². The van der Waals surface area contributed by atoms with Crippen LogP contribution in [0.15, 0.2) is 24.4 Å². The summed E-state index contributed by atoms with van der Waals surface area (Å²) in [6.45, 7) is 1.55. The lowest BCUT2D eigenvalue weighted by Crippen LogP contribution is -2.48. The molecule has 2 N–H and O–H groups in total. The summed E-state index contributed by atoms with van der Waals surface area (Å²) in [5.41, 5.74) is 0. The van der Waals surface area contributed by atoms with Gasteiger partial charge in [-0.05, 0) is 12.1 Å². The third-order valence-corrected chi connectivity index (χ3v) is 2.07. The average molecular weight is 177 g/mol. The van der Waals surface area contributed by atoms with Crippen molar-refractivity contribution < 1.29 is 4.79 Å². The van der Waals surface area contributed by atoms with E-state index in [1.807, 2.05) is 12.1 Å². The third-order valence-electron chi connectivity index (χ3n) is 2.07. The Morgan fingerprint density at radius 1 is 1.54 bits per heavy atom. The number of nitrogens with zero attached hydrogens (tertiary/aromatic N) is 1. The highest BCUT2D eigenvalue weighted by Crippen LogP contribution is 2.07. The lowest BCUT2D eigenvalue weighted by atomic mass is 10.0. The molecule has 1 saturated heterocycles. The standard InChI is InChI=1S/C9H11N3O/c13-9(7-5-10-6-7)12-8-3-1-2-4-11-8/h1-4,7,10H,5-6H2,(H,11,12,13). The summed E-state index contributed by atoms with van der Waals surface area (Å²) in [5.74, 6) is 0.791. The highest BCUT2D eigenvalue weighted by Gasteiger charge is 2.24. The molecule has 0 aliphatic carbocycles. The minimum absolute atomic E-state index is 0.0532. The van der Waals surface area contributed by atoms with Crippen LogP contribution in [-0.4, -0.2) is 24.0 Å². The minimum Gasteiger partial charge on any atom is -0.315 e. The predicted molar refractivity (Wildman–Crippen MR) is 49.2 cm³/mol. The number of hydrogen-bond donors (Lipinski definition) is 2. The number of pyridine rings is 1. The quantitative estimate of drug-likeness (QED) is 0.680. The van der Waals surface area contributed by atoms with Crippen molar-refractivity contribution in [3.63, 3.8) is 0 Å². The van der Waals surface area contributed by atoms with E-state index in [0.717, 1.165) is 13.1 Å². The van der Waals surface area contributed by atoms with Gasteiger partial charge in [0.25, 0.3) is 0 Å². The Hall–Kier alpha value is -1.42. The van der Waals surface area contributed by atoms with E-state index in [9.17, 15) is 4.79 Å². The van der Waals surface area contributed by atoms with Gasteiger partial charge in [0, 0.05) is 19.3 Å². The highest BCUT2D eigenvalue weighted by molar-refractivity contribution is 5.92. The first-order valence-corrected chi connectivity index (χ1v) is 4.29. The fourth-order valence-electron chi connectivity index (χ4n) is 1.14. The van der Waals surface area contributed by atoms with Gasteiger partial charge in [0.05, 0.1) is 5.92 Å². The van der Waals surface area contributed by atoms with E-state index in [0.29, 0.717) is 5.82 Å². The van der Waals surface area contributed by atoms with Crippen LogP contribution in [-0.2, 0) is 4.79 Å². The zero-order valence-electron chi connectivity index (χ0n) is 7.16. The van der Waals surface area contributed by atoms with Gasteiger partial charge in [-0.1, -0.05) is 6.07 Å². The summed E-state index contributed by atoms with van der Waals surface area (Å²) in [4.78, 5) is 15.4. The first-order chi connectivity index (χ1) is 6.36. The number of carbonyl (C=O) groups excluding carboxylic acids is 1. The van der Waals surface area contributed by atoms with Crippen molar-refractivity contribution in [2.24, 2.45) is 5.92 Å². The first kappa shape index (κ1) is 8.19. The van der Waals surface area contributed by atoms with Gasteiger partial charge in [0.15, 0.2) is 0 Å². The van der Waals surface area contributed by atoms with Crippen LogP contribution in [0.5, 0.6) is 0 Å². The van der Waals surface area contributed by atoms with Gasteiger partial charge in [-0.15, -0.1) is 0 Å². The van der Waals surface area contributed by atoms with Crippen molar-refractivity contribution in [3.8, 4) is 0 Å². The molecular formula is C9H11N3O. The fourth-order valence-corrected chi connectivity index (χ4v) is 1.14. The van der Waals surface area contributed by atoms with Gasteiger partial charge in [0.1, 0.15) is 5.82 Å². The lowest BCUT2D eigenvalue weighted by Gasteiger charge is -2.25. The molecule has 4 heteroatoms. The van der Waals surface area contributed by atoms with Gasteiger partial charge >= 0.3 is 0 Å². The summed E-state index contributed by atoms with van der Waals surface area (Å²) in [7, 11) is 0. The molecule has 0 aromatic carbocycles. The molecular weight excluding hydrogens is 166 g/mol. The second-order valence-corrected chi connectivity index (χ2v) is 3.06. The molecule has 0 atom stereocenters. The van der Waals surface area contributed by atoms with Gasteiger partial charge < -0.3 is 10.6 Å². The van der Waals surface area contributed by atoms with Crippen LogP contribution in [0.25, 0.3) is 0 Å². The number of aromatic nitrogens is 1. The monoisotopic (exact) mass is 177 g/mol. The summed E-state index contributed by atoms with van der Waals surface area (Å²) in [5, 5.41) is 5.80. The Morgan fingerprint density at radius 2 is 2.38 bits per heavy atom. The number of rotatable bonds is 2. The van der Waals surface area contributed by atoms with E-state index in [2.05, 4.69) is 15.6 Å². The average Bonchev–Trinajstić information content (AvgIpc) is 2.02. The van der Waals surface area contributed by atoms with E-state index in [-0.39, 0.29) is 11.8 Å². The molecule has 0 radical (unpaired) electrons. The van der Waals surface area contributed by atoms with Crippen LogP contribution in [0.1, 0.15) is 0 Å². The van der Waals surface area contributed by atoms with Crippen LogP contribution in [0.3, 0.4) is 0 Å². The first-order valence-electron chi connectivity index (χ1n) is 4.29. The molecule has 0 spiro atoms. The number of hydrogen-bond acceptors (Lipinski definition) is 3. The van der Waals surface area contributed by atoms with Crippen LogP contribution < -0.4 is 10.6 Å². The maximum absolute atomic E-state index is 11.4. The number of anilines is 1.